The van der Waals surface area contributed by atoms with Crippen LogP contribution in [0.1, 0.15) is 59.8 Å². The quantitative estimate of drug-likeness (QED) is 0.730. The first-order valence-electron chi connectivity index (χ1n) is 10.6. The van der Waals surface area contributed by atoms with Crippen LogP contribution in [-0.2, 0) is 9.59 Å². The van der Waals surface area contributed by atoms with Crippen LogP contribution >= 0.6 is 0 Å². The van der Waals surface area contributed by atoms with Crippen molar-refractivity contribution in [3.05, 3.63) is 24.3 Å². The molecule has 4 heteroatoms. The Morgan fingerprint density at radius 3 is 2.41 bits per heavy atom. The number of carbonyl (C=O) groups is 2. The molecule has 8 atom stereocenters. The summed E-state index contributed by atoms with van der Waals surface area (Å²) < 4.78 is 0. The molecule has 0 unspecified atom stereocenters. The molecular weight excluding hydrogens is 336 g/mol. The first kappa shape index (κ1) is 18.8. The second kappa shape index (κ2) is 6.49. The maximum absolute atomic E-state index is 12.0. The molecule has 0 spiro atoms. The summed E-state index contributed by atoms with van der Waals surface area (Å²) in [4.78, 5) is 23.7. The number of hydrogen-bond acceptors (Lipinski definition) is 2. The van der Waals surface area contributed by atoms with Crippen molar-refractivity contribution in [2.24, 2.45) is 34.5 Å². The minimum atomic E-state index is 0.0418. The van der Waals surface area contributed by atoms with E-state index in [0.29, 0.717) is 29.1 Å². The lowest BCUT2D eigenvalue weighted by Crippen LogP contribution is -2.62. The molecule has 27 heavy (non-hydrogen) atoms. The van der Waals surface area contributed by atoms with E-state index in [-0.39, 0.29) is 29.3 Å². The fourth-order valence-electron chi connectivity index (χ4n) is 7.12. The van der Waals surface area contributed by atoms with Crippen LogP contribution in [0.2, 0.25) is 0 Å². The molecule has 2 saturated carbocycles. The van der Waals surface area contributed by atoms with E-state index in [9.17, 15) is 9.59 Å². The molecule has 0 aliphatic heterocycles. The Bertz CT molecular complexity index is 698. The highest BCUT2D eigenvalue weighted by Gasteiger charge is 2.60. The minimum Gasteiger partial charge on any atom is -0.353 e. The van der Waals surface area contributed by atoms with Crippen molar-refractivity contribution in [1.82, 2.24) is 10.6 Å². The van der Waals surface area contributed by atoms with Crippen molar-refractivity contribution in [2.75, 3.05) is 0 Å². The van der Waals surface area contributed by atoms with E-state index in [1.807, 2.05) is 0 Å². The van der Waals surface area contributed by atoms with Gasteiger partial charge in [0.2, 0.25) is 11.8 Å². The highest BCUT2D eigenvalue weighted by atomic mass is 16.2. The smallest absolute Gasteiger partial charge is 0.217 e. The fourth-order valence-corrected chi connectivity index (χ4v) is 7.12. The molecule has 0 aromatic rings. The predicted octanol–water partition coefficient (Wildman–Crippen LogP) is 3.59. The van der Waals surface area contributed by atoms with Gasteiger partial charge in [-0.05, 0) is 66.6 Å². The van der Waals surface area contributed by atoms with Crippen molar-refractivity contribution < 1.29 is 9.59 Å². The van der Waals surface area contributed by atoms with Crippen molar-refractivity contribution in [1.29, 1.82) is 0 Å². The fraction of sp³-hybridized carbons (Fsp3) is 0.739. The molecular formula is C23H34N2O2. The maximum Gasteiger partial charge on any atom is 0.217 e. The molecule has 148 valence electrons. The van der Waals surface area contributed by atoms with E-state index >= 15 is 0 Å². The van der Waals surface area contributed by atoms with Gasteiger partial charge in [0.15, 0.2) is 0 Å². The van der Waals surface area contributed by atoms with E-state index in [0.717, 1.165) is 12.8 Å². The summed E-state index contributed by atoms with van der Waals surface area (Å²) in [7, 11) is 0. The van der Waals surface area contributed by atoms with Crippen molar-refractivity contribution >= 4 is 11.8 Å². The first-order chi connectivity index (χ1) is 12.8. The molecule has 0 bridgehead atoms. The Morgan fingerprint density at radius 2 is 1.70 bits per heavy atom. The van der Waals surface area contributed by atoms with Gasteiger partial charge in [0.05, 0.1) is 6.04 Å². The largest absolute Gasteiger partial charge is 0.353 e. The summed E-state index contributed by atoms with van der Waals surface area (Å²) in [6.07, 6.45) is 15.1. The molecule has 4 rings (SSSR count). The highest BCUT2D eigenvalue weighted by molar-refractivity contribution is 5.74. The van der Waals surface area contributed by atoms with Crippen molar-refractivity contribution in [2.45, 2.75) is 71.9 Å². The topological polar surface area (TPSA) is 58.2 Å². The lowest BCUT2D eigenvalue weighted by molar-refractivity contribution is -0.127. The Morgan fingerprint density at radius 1 is 0.963 bits per heavy atom. The van der Waals surface area contributed by atoms with Crippen LogP contribution < -0.4 is 10.6 Å². The Labute approximate surface area is 163 Å². The molecule has 4 aliphatic rings. The lowest BCUT2D eigenvalue weighted by atomic mass is 9.44. The summed E-state index contributed by atoms with van der Waals surface area (Å²) >= 11 is 0. The van der Waals surface area contributed by atoms with E-state index < -0.39 is 0 Å². The van der Waals surface area contributed by atoms with Crippen molar-refractivity contribution in [3.63, 3.8) is 0 Å². The first-order valence-corrected chi connectivity index (χ1v) is 10.6. The number of hydrogen-bond donors (Lipinski definition) is 2. The molecule has 4 nitrogen and oxygen atoms in total. The van der Waals surface area contributed by atoms with E-state index in [1.54, 1.807) is 13.8 Å². The van der Waals surface area contributed by atoms with Gasteiger partial charge >= 0.3 is 0 Å². The Balaban J connectivity index is 1.70. The standard InChI is InChI=1S/C23H34N2O2/c1-14(26)24-19-13-16-7-5-6-11-22(16,3)18-10-12-23(4)17(21(18)19)8-9-20(23)25-15(2)27/h5,7-9,16-21H,6,10-13H2,1-4H3,(H,24,26)(H,25,27)/t16-,17-,18-,19-,20-,21-,22-,23-/m0/s1. The normalized spacial score (nSPS) is 47.6. The van der Waals surface area contributed by atoms with E-state index in [1.165, 1.54) is 19.3 Å². The average Bonchev–Trinajstić information content (AvgIpc) is 2.91. The maximum atomic E-state index is 12.0. The van der Waals surface area contributed by atoms with Gasteiger partial charge in [0.1, 0.15) is 0 Å². The van der Waals surface area contributed by atoms with Gasteiger partial charge in [0.25, 0.3) is 0 Å². The number of amides is 2. The number of rotatable bonds is 2. The predicted molar refractivity (Wildman–Crippen MR) is 107 cm³/mol. The van der Waals surface area contributed by atoms with Crippen LogP contribution in [0.25, 0.3) is 0 Å². The second-order valence-electron chi connectivity index (χ2n) is 9.94. The molecule has 2 amide bonds. The minimum absolute atomic E-state index is 0.0418. The van der Waals surface area contributed by atoms with Gasteiger partial charge in [-0.2, -0.15) is 0 Å². The van der Waals surface area contributed by atoms with Crippen LogP contribution in [0.4, 0.5) is 0 Å². The zero-order chi connectivity index (χ0) is 19.4. The molecule has 0 aromatic heterocycles. The lowest BCUT2D eigenvalue weighted by Gasteiger charge is -2.61. The third-order valence-electron chi connectivity index (χ3n) is 8.49. The summed E-state index contributed by atoms with van der Waals surface area (Å²) in [5.74, 6) is 2.17. The van der Waals surface area contributed by atoms with Gasteiger partial charge in [0, 0.05) is 19.9 Å². The van der Waals surface area contributed by atoms with Crippen molar-refractivity contribution in [3.8, 4) is 0 Å². The SMILES string of the molecule is CC(=O)N[C@H]1C[C@@H]2C=CCC[C@]2(C)[C@H]2CC[C@]3(C)[C@@H](NC(C)=O)C=C[C@H]3[C@H]12. The molecule has 2 N–H and O–H groups in total. The summed E-state index contributed by atoms with van der Waals surface area (Å²) in [5.41, 5.74) is 0.382. The molecule has 2 fully saturated rings. The van der Waals surface area contributed by atoms with Gasteiger partial charge in [-0.15, -0.1) is 0 Å². The second-order valence-corrected chi connectivity index (χ2v) is 9.94. The Kier molecular flexibility index (Phi) is 4.51. The monoisotopic (exact) mass is 370 g/mol. The van der Waals surface area contributed by atoms with Gasteiger partial charge < -0.3 is 10.6 Å². The van der Waals surface area contributed by atoms with E-state index in [2.05, 4.69) is 48.8 Å². The molecule has 4 aliphatic carbocycles. The average molecular weight is 371 g/mol. The third-order valence-corrected chi connectivity index (χ3v) is 8.49. The van der Waals surface area contributed by atoms with Crippen LogP contribution in [0.5, 0.6) is 0 Å². The van der Waals surface area contributed by atoms with Crippen LogP contribution in [-0.4, -0.2) is 23.9 Å². The molecule has 0 radical (unpaired) electrons. The Hall–Kier alpha value is -1.58. The van der Waals surface area contributed by atoms with Crippen LogP contribution in [0.3, 0.4) is 0 Å². The molecule has 0 aromatic carbocycles. The highest BCUT2D eigenvalue weighted by Crippen LogP contribution is 2.64. The number of allylic oxidation sites excluding steroid dienone is 3. The molecule has 0 saturated heterocycles. The zero-order valence-corrected chi connectivity index (χ0v) is 17.1. The van der Waals surface area contributed by atoms with Gasteiger partial charge in [-0.3, -0.25) is 9.59 Å². The summed E-state index contributed by atoms with van der Waals surface area (Å²) in [5, 5.41) is 6.50. The van der Waals surface area contributed by atoms with Crippen LogP contribution in [0, 0.1) is 34.5 Å². The molecule has 0 heterocycles. The number of carbonyl (C=O) groups excluding carboxylic acids is 2. The third kappa shape index (κ3) is 2.87. The number of nitrogens with one attached hydrogen (secondary N) is 2. The summed E-state index contributed by atoms with van der Waals surface area (Å²) in [6, 6.07) is 0.328. The van der Waals surface area contributed by atoms with Crippen LogP contribution in [0.15, 0.2) is 24.3 Å². The van der Waals surface area contributed by atoms with E-state index in [4.69, 9.17) is 0 Å². The summed E-state index contributed by atoms with van der Waals surface area (Å²) in [6.45, 7) is 8.09. The van der Waals surface area contributed by atoms with Gasteiger partial charge in [-0.25, -0.2) is 0 Å². The van der Waals surface area contributed by atoms with Gasteiger partial charge in [-0.1, -0.05) is 38.2 Å². The zero-order valence-electron chi connectivity index (χ0n) is 17.1. The number of fused-ring (bicyclic) bond motifs is 5.